The quantitative estimate of drug-likeness (QED) is 0.414. The van der Waals surface area contributed by atoms with E-state index in [1.165, 1.54) is 4.90 Å². The number of primary amides is 1. The summed E-state index contributed by atoms with van der Waals surface area (Å²) in [6.45, 7) is 0.546. The highest BCUT2D eigenvalue weighted by atomic mass is 19.4. The molecule has 2 unspecified atom stereocenters. The molecule has 1 fully saturated rings. The molecule has 0 bridgehead atoms. The van der Waals surface area contributed by atoms with Crippen LogP contribution in [0.1, 0.15) is 57.4 Å². The van der Waals surface area contributed by atoms with Gasteiger partial charge in [0.15, 0.2) is 11.6 Å². The van der Waals surface area contributed by atoms with Gasteiger partial charge in [-0.1, -0.05) is 0 Å². The number of likely N-dealkylation sites (tertiary alicyclic amines) is 1. The molecule has 39 heavy (non-hydrogen) atoms. The lowest BCUT2D eigenvalue weighted by Gasteiger charge is -2.47. The maximum atomic E-state index is 14.6. The highest BCUT2D eigenvalue weighted by Gasteiger charge is 2.58. The number of halogens is 3. The molecule has 0 spiro atoms. The number of carbonyl (C=O) groups is 3. The maximum Gasteiger partial charge on any atom is 0.416 e. The molecule has 1 aromatic rings. The van der Waals surface area contributed by atoms with Crippen LogP contribution in [0.5, 0.6) is 5.75 Å². The van der Waals surface area contributed by atoms with Crippen LogP contribution in [0.15, 0.2) is 22.7 Å². The van der Waals surface area contributed by atoms with Crippen LogP contribution in [0.25, 0.3) is 0 Å². The number of phenols is 1. The van der Waals surface area contributed by atoms with Crippen LogP contribution in [-0.2, 0) is 22.2 Å². The van der Waals surface area contributed by atoms with Crippen molar-refractivity contribution < 1.29 is 42.9 Å². The molecule has 12 heteroatoms. The van der Waals surface area contributed by atoms with E-state index in [2.05, 4.69) is 0 Å². The monoisotopic (exact) mass is 547 g/mol. The van der Waals surface area contributed by atoms with Gasteiger partial charge in [0.1, 0.15) is 22.8 Å². The first-order valence-corrected chi connectivity index (χ1v) is 12.8. The Hall–Kier alpha value is -3.38. The fraction of sp³-hybridized carbons (Fsp3) is 0.519. The van der Waals surface area contributed by atoms with Crippen LogP contribution in [0.3, 0.4) is 0 Å². The molecule has 1 saturated heterocycles. The zero-order chi connectivity index (χ0) is 28.5. The van der Waals surface area contributed by atoms with Crippen LogP contribution in [0, 0.1) is 17.8 Å². The number of phenolic OH excluding ortho intramolecular Hbond substituents is 1. The number of likely N-dealkylation sites (N-methyl/N-ethyl adjacent to an activating group) is 2. The number of hydrogen-bond acceptors (Lipinski definition) is 8. The molecule has 5 N–H and O–H groups in total. The first kappa shape index (κ1) is 25.9. The summed E-state index contributed by atoms with van der Waals surface area (Å²) < 4.78 is 43.9. The first-order chi connectivity index (χ1) is 18.2. The van der Waals surface area contributed by atoms with Gasteiger partial charge in [-0.15, -0.1) is 0 Å². The normalized spacial score (nSPS) is 32.0. The van der Waals surface area contributed by atoms with E-state index in [0.717, 1.165) is 0 Å². The Morgan fingerprint density at radius 3 is 2.36 bits per heavy atom. The highest BCUT2D eigenvalue weighted by molar-refractivity contribution is 6.22. The summed E-state index contributed by atoms with van der Waals surface area (Å²) in [5.74, 6) is -8.35. The van der Waals surface area contributed by atoms with Gasteiger partial charge in [-0.05, 0) is 69.9 Å². The number of rotatable bonds is 2. The van der Waals surface area contributed by atoms with E-state index in [1.54, 1.807) is 21.1 Å². The average Bonchev–Trinajstić information content (AvgIpc) is 3.10. The van der Waals surface area contributed by atoms with Crippen LogP contribution < -0.4 is 5.73 Å². The van der Waals surface area contributed by atoms with Crippen LogP contribution in [0.2, 0.25) is 0 Å². The molecular weight excluding hydrogens is 519 g/mol. The lowest BCUT2D eigenvalue weighted by Crippen LogP contribution is -2.53. The molecule has 1 amide bonds. The Morgan fingerprint density at radius 1 is 1.10 bits per heavy atom. The second kappa shape index (κ2) is 8.07. The first-order valence-electron chi connectivity index (χ1n) is 12.8. The number of ketones is 2. The molecule has 1 aliphatic heterocycles. The lowest BCUT2D eigenvalue weighted by molar-refractivity contribution is -0.139. The van der Waals surface area contributed by atoms with E-state index in [9.17, 15) is 42.9 Å². The SMILES string of the molecule is CN1CCC2c3c(c(O)c4c(c3C(F)(F)F)C[C@H]3C[C@@H]5[C@@H](C(=O)C(C(N)=O)=C(O)[C@H]5N(C)C)C(O)=C3C4=O)C21. The van der Waals surface area contributed by atoms with E-state index < -0.39 is 93.4 Å². The Bertz CT molecular complexity index is 1450. The molecule has 9 nitrogen and oxygen atoms in total. The zero-order valence-electron chi connectivity index (χ0n) is 21.5. The molecule has 1 heterocycles. The standard InChI is InChI=1S/C27H28F3N3O6/c1-32(2)20-11-7-8-6-10-14(21(34)12(8)22(35)15(11)24(37)17(25(20)38)26(31)39)23(36)16-13(18(10)27(28,29)30)9-4-5-33(3)19(9)16/h8-9,11,15,19-20,35-36,38H,4-7H2,1-3H3,(H2,31,39)/t8-,9?,11+,15+,19?,20-/m0/s1. The summed E-state index contributed by atoms with van der Waals surface area (Å²) in [4.78, 5) is 42.6. The lowest BCUT2D eigenvalue weighted by atomic mass is 9.59. The van der Waals surface area contributed by atoms with Crippen LogP contribution in [-0.4, -0.2) is 76.3 Å². The number of amides is 1. The third kappa shape index (κ3) is 3.18. The number of aliphatic hydroxyl groups excluding tert-OH is 2. The summed E-state index contributed by atoms with van der Waals surface area (Å²) in [7, 11) is 4.92. The molecule has 0 saturated carbocycles. The fourth-order valence-corrected chi connectivity index (χ4v) is 8.03. The van der Waals surface area contributed by atoms with Gasteiger partial charge < -0.3 is 21.1 Å². The van der Waals surface area contributed by atoms with Crippen molar-refractivity contribution >= 4 is 17.5 Å². The van der Waals surface area contributed by atoms with Crippen LogP contribution in [0.4, 0.5) is 13.2 Å². The molecule has 208 valence electrons. The largest absolute Gasteiger partial charge is 0.511 e. The number of benzene rings is 1. The van der Waals surface area contributed by atoms with E-state index >= 15 is 0 Å². The zero-order valence-corrected chi connectivity index (χ0v) is 21.5. The predicted molar refractivity (Wildman–Crippen MR) is 130 cm³/mol. The van der Waals surface area contributed by atoms with Gasteiger partial charge in [0.25, 0.3) is 5.91 Å². The van der Waals surface area contributed by atoms with Gasteiger partial charge in [0.2, 0.25) is 0 Å². The van der Waals surface area contributed by atoms with Gasteiger partial charge in [-0.25, -0.2) is 0 Å². The van der Waals surface area contributed by atoms with Crippen molar-refractivity contribution in [2.45, 2.75) is 43.4 Å². The van der Waals surface area contributed by atoms with Crippen molar-refractivity contribution in [3.05, 3.63) is 50.5 Å². The van der Waals surface area contributed by atoms with E-state index in [4.69, 9.17) is 5.73 Å². The highest BCUT2D eigenvalue weighted by Crippen LogP contribution is 2.63. The molecule has 0 aromatic heterocycles. The second-order valence-corrected chi connectivity index (χ2v) is 11.5. The summed E-state index contributed by atoms with van der Waals surface area (Å²) >= 11 is 0. The van der Waals surface area contributed by atoms with E-state index in [0.29, 0.717) is 13.0 Å². The maximum absolute atomic E-state index is 14.6. The number of aromatic hydroxyl groups is 1. The van der Waals surface area contributed by atoms with Crippen molar-refractivity contribution in [2.24, 2.45) is 23.5 Å². The molecule has 6 atom stereocenters. The Kier molecular flexibility index (Phi) is 5.36. The minimum atomic E-state index is -4.78. The van der Waals surface area contributed by atoms with Gasteiger partial charge in [0, 0.05) is 23.1 Å². The third-order valence-corrected chi connectivity index (χ3v) is 9.41. The fourth-order valence-electron chi connectivity index (χ4n) is 8.03. The van der Waals surface area contributed by atoms with Gasteiger partial charge in [0.05, 0.1) is 23.1 Å². The molecular formula is C27H28F3N3O6. The molecule has 0 radical (unpaired) electrons. The summed E-state index contributed by atoms with van der Waals surface area (Å²) in [5, 5.41) is 33.4. The number of fused-ring (bicyclic) bond motifs is 7. The molecule has 5 aliphatic rings. The average molecular weight is 548 g/mol. The van der Waals surface area contributed by atoms with E-state index in [-0.39, 0.29) is 35.1 Å². The number of allylic oxidation sites excluding steroid dienone is 2. The number of hydrogen-bond donors (Lipinski definition) is 4. The third-order valence-electron chi connectivity index (χ3n) is 9.41. The number of Topliss-reactive ketones (excluding diaryl/α,β-unsaturated/α-hetero) is 2. The van der Waals surface area contributed by atoms with Crippen molar-refractivity contribution in [3.63, 3.8) is 0 Å². The minimum absolute atomic E-state index is 0.0101. The number of alkyl halides is 3. The van der Waals surface area contributed by atoms with Crippen LogP contribution >= 0.6 is 0 Å². The van der Waals surface area contributed by atoms with Gasteiger partial charge in [-0.3, -0.25) is 24.2 Å². The molecule has 1 aromatic carbocycles. The second-order valence-electron chi connectivity index (χ2n) is 11.5. The summed E-state index contributed by atoms with van der Waals surface area (Å²) in [6, 6.07) is -1.39. The van der Waals surface area contributed by atoms with Gasteiger partial charge in [-0.2, -0.15) is 13.2 Å². The smallest absolute Gasteiger partial charge is 0.416 e. The molecule has 6 rings (SSSR count). The van der Waals surface area contributed by atoms with Crippen molar-refractivity contribution in [1.29, 1.82) is 0 Å². The summed E-state index contributed by atoms with van der Waals surface area (Å²) in [6.07, 6.45) is -4.57. The number of aliphatic hydroxyl groups is 2. The number of carbonyl (C=O) groups excluding carboxylic acids is 3. The Labute approximate surface area is 221 Å². The number of nitrogens with two attached hydrogens (primary N) is 1. The predicted octanol–water partition coefficient (Wildman–Crippen LogP) is 2.50. The summed E-state index contributed by atoms with van der Waals surface area (Å²) in [5.41, 5.74) is 2.91. The van der Waals surface area contributed by atoms with Gasteiger partial charge >= 0.3 is 6.18 Å². The topological polar surface area (TPSA) is 144 Å². The Balaban J connectivity index is 1.56. The van der Waals surface area contributed by atoms with E-state index in [1.807, 2.05) is 4.90 Å². The number of nitrogens with zero attached hydrogens (tertiary/aromatic N) is 2. The minimum Gasteiger partial charge on any atom is -0.511 e. The Morgan fingerprint density at radius 2 is 1.77 bits per heavy atom. The van der Waals surface area contributed by atoms with Crippen molar-refractivity contribution in [2.75, 3.05) is 27.7 Å². The molecule has 4 aliphatic carbocycles. The van der Waals surface area contributed by atoms with Crippen molar-refractivity contribution in [3.8, 4) is 5.75 Å². The van der Waals surface area contributed by atoms with Crippen molar-refractivity contribution in [1.82, 2.24) is 9.80 Å².